The van der Waals surface area contributed by atoms with E-state index in [1.165, 1.54) is 28.0 Å². The van der Waals surface area contributed by atoms with Crippen molar-refractivity contribution >= 4 is 0 Å². The van der Waals surface area contributed by atoms with Crippen LogP contribution in [0.15, 0.2) is 54.7 Å². The normalized spacial score (nSPS) is 23.1. The summed E-state index contributed by atoms with van der Waals surface area (Å²) in [7, 11) is 0. The Balaban J connectivity index is 2.03. The molecule has 4 rings (SSSR count). The minimum Gasteiger partial charge on any atom is -0.191 e. The van der Waals surface area contributed by atoms with Crippen molar-refractivity contribution in [2.45, 2.75) is 25.3 Å². The SMILES string of the molecule is C=C1C2c3ccccc3-c3cc(CC)cc[n+]3C12. The lowest BCUT2D eigenvalue weighted by molar-refractivity contribution is -0.688. The molecule has 1 aliphatic heterocycles. The number of hydrogen-bond donors (Lipinski definition) is 0. The van der Waals surface area contributed by atoms with Crippen molar-refractivity contribution in [1.29, 1.82) is 0 Å². The molecule has 1 aliphatic carbocycles. The standard InChI is InChI=1S/C17H16N/c1-3-12-8-9-18-15(10-12)13-6-4-5-7-14(13)16-11(2)17(16)18/h4-10,16-17H,2-3H2,1H3/q+1. The summed E-state index contributed by atoms with van der Waals surface area (Å²) < 4.78 is 2.40. The molecule has 1 fully saturated rings. The Bertz CT molecular complexity index is 669. The number of nitrogens with zero attached hydrogens (tertiary/aromatic N) is 1. The third kappa shape index (κ3) is 1.14. The number of aromatic nitrogens is 1. The Kier molecular flexibility index (Phi) is 1.86. The van der Waals surface area contributed by atoms with E-state index in [4.69, 9.17) is 0 Å². The summed E-state index contributed by atoms with van der Waals surface area (Å²) >= 11 is 0. The number of hydrogen-bond acceptors (Lipinski definition) is 0. The van der Waals surface area contributed by atoms with Crippen LogP contribution in [0.3, 0.4) is 0 Å². The second-order valence-corrected chi connectivity index (χ2v) is 5.27. The molecular weight excluding hydrogens is 218 g/mol. The molecule has 1 heteroatoms. The summed E-state index contributed by atoms with van der Waals surface area (Å²) in [6, 6.07) is 13.8. The van der Waals surface area contributed by atoms with Crippen LogP contribution < -0.4 is 4.57 Å². The van der Waals surface area contributed by atoms with Crippen LogP contribution in [0.2, 0.25) is 0 Å². The monoisotopic (exact) mass is 234 g/mol. The highest BCUT2D eigenvalue weighted by atomic mass is 15.1. The topological polar surface area (TPSA) is 3.88 Å². The highest BCUT2D eigenvalue weighted by Gasteiger charge is 2.56. The molecule has 18 heavy (non-hydrogen) atoms. The Morgan fingerprint density at radius 3 is 2.89 bits per heavy atom. The first kappa shape index (κ1) is 10.1. The van der Waals surface area contributed by atoms with E-state index >= 15 is 0 Å². The van der Waals surface area contributed by atoms with Crippen LogP contribution in [0.5, 0.6) is 0 Å². The van der Waals surface area contributed by atoms with Crippen LogP contribution in [-0.2, 0) is 6.42 Å². The average Bonchev–Trinajstić information content (AvgIpc) is 3.11. The maximum atomic E-state index is 4.23. The predicted molar refractivity (Wildman–Crippen MR) is 72.4 cm³/mol. The number of rotatable bonds is 1. The van der Waals surface area contributed by atoms with Crippen molar-refractivity contribution in [3.05, 3.63) is 65.9 Å². The zero-order chi connectivity index (χ0) is 12.3. The Hall–Kier alpha value is -1.89. The fourth-order valence-electron chi connectivity index (χ4n) is 3.24. The van der Waals surface area contributed by atoms with Gasteiger partial charge in [0.15, 0.2) is 12.2 Å². The van der Waals surface area contributed by atoms with Crippen molar-refractivity contribution in [2.75, 3.05) is 0 Å². The number of benzene rings is 1. The second-order valence-electron chi connectivity index (χ2n) is 5.27. The molecule has 2 unspecified atom stereocenters. The molecule has 0 bridgehead atoms. The van der Waals surface area contributed by atoms with Crippen molar-refractivity contribution in [3.63, 3.8) is 0 Å². The largest absolute Gasteiger partial charge is 0.213 e. The quantitative estimate of drug-likeness (QED) is 0.526. The highest BCUT2D eigenvalue weighted by Crippen LogP contribution is 2.57. The van der Waals surface area contributed by atoms with Crippen molar-refractivity contribution in [2.24, 2.45) is 0 Å². The summed E-state index contributed by atoms with van der Waals surface area (Å²) in [6.45, 7) is 6.44. The smallest absolute Gasteiger partial charge is 0.191 e. The Labute approximate surface area is 107 Å². The first-order chi connectivity index (χ1) is 8.81. The second kappa shape index (κ2) is 3.32. The molecule has 0 radical (unpaired) electrons. The number of fused-ring (bicyclic) bond motifs is 6. The zero-order valence-corrected chi connectivity index (χ0v) is 10.6. The van der Waals surface area contributed by atoms with Crippen molar-refractivity contribution < 1.29 is 4.57 Å². The molecule has 0 saturated heterocycles. The van der Waals surface area contributed by atoms with Crippen LogP contribution in [-0.4, -0.2) is 0 Å². The van der Waals surface area contributed by atoms with Gasteiger partial charge in [0, 0.05) is 17.7 Å². The molecule has 1 nitrogen and oxygen atoms in total. The lowest BCUT2D eigenvalue weighted by atomic mass is 9.95. The molecule has 1 saturated carbocycles. The van der Waals surface area contributed by atoms with E-state index in [-0.39, 0.29) is 0 Å². The summed E-state index contributed by atoms with van der Waals surface area (Å²) in [5.74, 6) is 0.547. The fourth-order valence-corrected chi connectivity index (χ4v) is 3.24. The van der Waals surface area contributed by atoms with Gasteiger partial charge in [0.1, 0.15) is 0 Å². The van der Waals surface area contributed by atoms with Crippen molar-refractivity contribution in [1.82, 2.24) is 0 Å². The maximum absolute atomic E-state index is 4.23. The maximum Gasteiger partial charge on any atom is 0.213 e. The van der Waals surface area contributed by atoms with Gasteiger partial charge in [-0.05, 0) is 23.6 Å². The predicted octanol–water partition coefficient (Wildman–Crippen LogP) is 3.41. The van der Waals surface area contributed by atoms with Gasteiger partial charge < -0.3 is 0 Å². The Morgan fingerprint density at radius 1 is 1.22 bits per heavy atom. The molecule has 1 aromatic heterocycles. The van der Waals surface area contributed by atoms with Gasteiger partial charge >= 0.3 is 0 Å². The van der Waals surface area contributed by atoms with Gasteiger partial charge in [-0.3, -0.25) is 0 Å². The first-order valence-corrected chi connectivity index (χ1v) is 6.63. The molecule has 2 aromatic rings. The molecule has 0 spiro atoms. The minimum absolute atomic E-state index is 0.501. The molecule has 2 aliphatic rings. The van der Waals surface area contributed by atoms with Crippen LogP contribution >= 0.6 is 0 Å². The third-order valence-corrected chi connectivity index (χ3v) is 4.32. The van der Waals surface area contributed by atoms with Crippen LogP contribution in [0, 0.1) is 0 Å². The van der Waals surface area contributed by atoms with E-state index in [9.17, 15) is 0 Å². The van der Waals surface area contributed by atoms with E-state index in [1.54, 1.807) is 0 Å². The average molecular weight is 234 g/mol. The third-order valence-electron chi connectivity index (χ3n) is 4.32. The van der Waals surface area contributed by atoms with Crippen molar-refractivity contribution in [3.8, 4) is 11.3 Å². The zero-order valence-electron chi connectivity index (χ0n) is 10.6. The van der Waals surface area contributed by atoms with Crippen LogP contribution in [0.25, 0.3) is 11.3 Å². The van der Waals surface area contributed by atoms with E-state index in [0.29, 0.717) is 12.0 Å². The van der Waals surface area contributed by atoms with Crippen LogP contribution in [0.4, 0.5) is 0 Å². The number of aryl methyl sites for hydroxylation is 1. The van der Waals surface area contributed by atoms with Gasteiger partial charge in [-0.2, -0.15) is 4.57 Å². The van der Waals surface area contributed by atoms with E-state index in [0.717, 1.165) is 6.42 Å². The molecule has 1 aromatic carbocycles. The highest BCUT2D eigenvalue weighted by molar-refractivity contribution is 5.68. The Morgan fingerprint density at radius 2 is 2.06 bits per heavy atom. The van der Waals surface area contributed by atoms with Gasteiger partial charge in [-0.1, -0.05) is 31.7 Å². The molecule has 88 valence electrons. The van der Waals surface area contributed by atoms with E-state index < -0.39 is 0 Å². The first-order valence-electron chi connectivity index (χ1n) is 6.63. The lowest BCUT2D eigenvalue weighted by Gasteiger charge is -2.13. The fraction of sp³-hybridized carbons (Fsp3) is 0.235. The van der Waals surface area contributed by atoms with Gasteiger partial charge in [0.05, 0.1) is 11.5 Å². The minimum atomic E-state index is 0.501. The summed E-state index contributed by atoms with van der Waals surface area (Å²) in [5.41, 5.74) is 6.95. The number of pyridine rings is 1. The van der Waals surface area contributed by atoms with E-state index in [1.807, 2.05) is 0 Å². The number of allylic oxidation sites excluding steroid dienone is 1. The lowest BCUT2D eigenvalue weighted by Crippen LogP contribution is -2.37. The van der Waals surface area contributed by atoms with Gasteiger partial charge in [-0.25, -0.2) is 0 Å². The van der Waals surface area contributed by atoms with E-state index in [2.05, 4.69) is 60.7 Å². The van der Waals surface area contributed by atoms with Gasteiger partial charge in [-0.15, -0.1) is 0 Å². The summed E-state index contributed by atoms with van der Waals surface area (Å²) in [6.07, 6.45) is 3.32. The van der Waals surface area contributed by atoms with Crippen LogP contribution in [0.1, 0.15) is 30.0 Å². The van der Waals surface area contributed by atoms with Gasteiger partial charge in [0.2, 0.25) is 5.69 Å². The molecular formula is C17H16N+. The molecule has 0 N–H and O–H groups in total. The molecule has 0 amide bonds. The summed E-state index contributed by atoms with van der Waals surface area (Å²) in [4.78, 5) is 0. The van der Waals surface area contributed by atoms with Gasteiger partial charge in [0.25, 0.3) is 0 Å². The molecule has 2 heterocycles. The molecule has 2 atom stereocenters. The summed E-state index contributed by atoms with van der Waals surface area (Å²) in [5, 5.41) is 0.